The van der Waals surface area contributed by atoms with Crippen molar-refractivity contribution < 1.29 is 14.1 Å². The lowest BCUT2D eigenvalue weighted by molar-refractivity contribution is -0.385. The van der Waals surface area contributed by atoms with Crippen LogP contribution in [0.1, 0.15) is 33.0 Å². The number of nitrogens with zero attached hydrogens (tertiary/aromatic N) is 1. The number of benzene rings is 1. The molecule has 0 radical (unpaired) electrons. The lowest BCUT2D eigenvalue weighted by Gasteiger charge is -2.05. The van der Waals surface area contributed by atoms with Crippen molar-refractivity contribution in [1.29, 1.82) is 0 Å². The summed E-state index contributed by atoms with van der Waals surface area (Å²) in [6, 6.07) is 6.18. The summed E-state index contributed by atoms with van der Waals surface area (Å²) in [6.07, 6.45) is 0. The number of hydrogen-bond donors (Lipinski definition) is 1. The van der Waals surface area contributed by atoms with Crippen molar-refractivity contribution in [3.8, 4) is 0 Å². The predicted octanol–water partition coefficient (Wildman–Crippen LogP) is 3.04. The Bertz CT molecular complexity index is 704. The smallest absolute Gasteiger partial charge is 0.272 e. The molecule has 6 heteroatoms. The Labute approximate surface area is 121 Å². The van der Waals surface area contributed by atoms with Crippen LogP contribution in [0.15, 0.2) is 28.7 Å². The molecule has 1 aromatic heterocycles. The maximum absolute atomic E-state index is 12.1. The molecule has 1 amide bonds. The van der Waals surface area contributed by atoms with E-state index in [4.69, 9.17) is 4.42 Å². The molecule has 0 saturated carbocycles. The van der Waals surface area contributed by atoms with Crippen molar-refractivity contribution in [2.24, 2.45) is 0 Å². The van der Waals surface area contributed by atoms with Gasteiger partial charge in [0.2, 0.25) is 0 Å². The van der Waals surface area contributed by atoms with Gasteiger partial charge in [0.25, 0.3) is 11.6 Å². The van der Waals surface area contributed by atoms with Gasteiger partial charge in [-0.15, -0.1) is 0 Å². The fraction of sp³-hybridized carbons (Fsp3) is 0.267. The van der Waals surface area contributed by atoms with Gasteiger partial charge in [0.1, 0.15) is 11.5 Å². The summed E-state index contributed by atoms with van der Waals surface area (Å²) in [7, 11) is 0. The van der Waals surface area contributed by atoms with Crippen LogP contribution >= 0.6 is 0 Å². The van der Waals surface area contributed by atoms with Crippen LogP contribution in [0.4, 0.5) is 5.69 Å². The van der Waals surface area contributed by atoms with E-state index < -0.39 is 4.92 Å². The highest BCUT2D eigenvalue weighted by molar-refractivity contribution is 5.94. The average Bonchev–Trinajstić information content (AvgIpc) is 2.73. The Morgan fingerprint density at radius 3 is 2.52 bits per heavy atom. The van der Waals surface area contributed by atoms with E-state index in [2.05, 4.69) is 5.32 Å². The number of hydrogen-bond acceptors (Lipinski definition) is 4. The minimum Gasteiger partial charge on any atom is -0.466 e. The van der Waals surface area contributed by atoms with Crippen LogP contribution in [0.25, 0.3) is 0 Å². The molecule has 0 aliphatic carbocycles. The van der Waals surface area contributed by atoms with Gasteiger partial charge in [0, 0.05) is 29.3 Å². The molecule has 0 aliphatic heterocycles. The van der Waals surface area contributed by atoms with Crippen LogP contribution in [0.3, 0.4) is 0 Å². The van der Waals surface area contributed by atoms with E-state index in [1.54, 1.807) is 6.92 Å². The van der Waals surface area contributed by atoms with Crippen molar-refractivity contribution in [3.63, 3.8) is 0 Å². The number of aryl methyl sites for hydroxylation is 3. The third-order valence-corrected chi connectivity index (χ3v) is 3.24. The molecule has 0 fully saturated rings. The minimum atomic E-state index is -0.464. The summed E-state index contributed by atoms with van der Waals surface area (Å²) in [5, 5.41) is 13.5. The first kappa shape index (κ1) is 14.8. The molecule has 21 heavy (non-hydrogen) atoms. The fourth-order valence-electron chi connectivity index (χ4n) is 2.14. The monoisotopic (exact) mass is 288 g/mol. The molecule has 1 N–H and O–H groups in total. The quantitative estimate of drug-likeness (QED) is 0.692. The summed E-state index contributed by atoms with van der Waals surface area (Å²) < 4.78 is 5.39. The Hall–Kier alpha value is -2.63. The number of carbonyl (C=O) groups is 1. The van der Waals surface area contributed by atoms with Gasteiger partial charge >= 0.3 is 0 Å². The van der Waals surface area contributed by atoms with Crippen molar-refractivity contribution in [1.82, 2.24) is 5.32 Å². The minimum absolute atomic E-state index is 0.00727. The van der Waals surface area contributed by atoms with E-state index >= 15 is 0 Å². The van der Waals surface area contributed by atoms with Crippen LogP contribution in [-0.4, -0.2) is 10.8 Å². The van der Waals surface area contributed by atoms with Crippen LogP contribution in [-0.2, 0) is 6.54 Å². The Morgan fingerprint density at radius 2 is 2.00 bits per heavy atom. The molecule has 1 aromatic carbocycles. The normalized spacial score (nSPS) is 10.4. The summed E-state index contributed by atoms with van der Waals surface area (Å²) in [6.45, 7) is 5.65. The van der Waals surface area contributed by atoms with E-state index in [0.29, 0.717) is 17.7 Å². The number of amides is 1. The fourth-order valence-corrected chi connectivity index (χ4v) is 2.14. The van der Waals surface area contributed by atoms with Crippen LogP contribution in [0.2, 0.25) is 0 Å². The van der Waals surface area contributed by atoms with Crippen LogP contribution in [0.5, 0.6) is 0 Å². The summed E-state index contributed by atoms with van der Waals surface area (Å²) in [4.78, 5) is 22.3. The molecule has 0 atom stereocenters. The van der Waals surface area contributed by atoms with Crippen molar-refractivity contribution in [3.05, 3.63) is 62.6 Å². The van der Waals surface area contributed by atoms with E-state index in [1.807, 2.05) is 19.9 Å². The average molecular weight is 288 g/mol. The zero-order valence-electron chi connectivity index (χ0n) is 12.1. The largest absolute Gasteiger partial charge is 0.466 e. The van der Waals surface area contributed by atoms with E-state index in [9.17, 15) is 14.9 Å². The summed E-state index contributed by atoms with van der Waals surface area (Å²) >= 11 is 0. The molecule has 2 rings (SSSR count). The van der Waals surface area contributed by atoms with Crippen molar-refractivity contribution in [2.45, 2.75) is 27.3 Å². The molecule has 0 aliphatic rings. The third kappa shape index (κ3) is 3.28. The number of nitro groups is 1. The van der Waals surface area contributed by atoms with E-state index in [0.717, 1.165) is 17.1 Å². The molecule has 0 bridgehead atoms. The first-order chi connectivity index (χ1) is 9.88. The number of carbonyl (C=O) groups excluding carboxylic acids is 1. The predicted molar refractivity (Wildman–Crippen MR) is 77.2 cm³/mol. The van der Waals surface area contributed by atoms with Gasteiger partial charge in [-0.1, -0.05) is 0 Å². The second-order valence-corrected chi connectivity index (χ2v) is 4.88. The van der Waals surface area contributed by atoms with Gasteiger partial charge < -0.3 is 9.73 Å². The van der Waals surface area contributed by atoms with Crippen LogP contribution < -0.4 is 5.32 Å². The molecular weight excluding hydrogens is 272 g/mol. The molecule has 110 valence electrons. The maximum atomic E-state index is 12.1. The van der Waals surface area contributed by atoms with Gasteiger partial charge in [-0.2, -0.15) is 0 Å². The highest BCUT2D eigenvalue weighted by atomic mass is 16.6. The molecule has 1 heterocycles. The maximum Gasteiger partial charge on any atom is 0.272 e. The molecule has 0 spiro atoms. The molecule has 0 unspecified atom stereocenters. The van der Waals surface area contributed by atoms with Gasteiger partial charge in [0.05, 0.1) is 4.92 Å². The van der Waals surface area contributed by atoms with E-state index in [1.165, 1.54) is 18.2 Å². The number of rotatable bonds is 4. The van der Waals surface area contributed by atoms with Crippen molar-refractivity contribution in [2.75, 3.05) is 0 Å². The van der Waals surface area contributed by atoms with Gasteiger partial charge in [-0.05, 0) is 39.0 Å². The number of furan rings is 1. The third-order valence-electron chi connectivity index (χ3n) is 3.24. The molecule has 2 aromatic rings. The van der Waals surface area contributed by atoms with E-state index in [-0.39, 0.29) is 11.6 Å². The number of nitrogens with one attached hydrogen (secondary N) is 1. The summed E-state index contributed by atoms with van der Waals surface area (Å²) in [5.41, 5.74) is 1.78. The Kier molecular flexibility index (Phi) is 4.07. The Morgan fingerprint density at radius 1 is 1.29 bits per heavy atom. The lowest BCUT2D eigenvalue weighted by atomic mass is 10.1. The molecule has 6 nitrogen and oxygen atoms in total. The van der Waals surface area contributed by atoms with Crippen LogP contribution in [0, 0.1) is 30.9 Å². The molecular formula is C15H16N2O4. The summed E-state index contributed by atoms with van der Waals surface area (Å²) in [5.74, 6) is 1.29. The van der Waals surface area contributed by atoms with Gasteiger partial charge in [0.15, 0.2) is 0 Å². The molecule has 0 saturated heterocycles. The second kappa shape index (κ2) is 5.78. The Balaban J connectivity index is 2.09. The van der Waals surface area contributed by atoms with Crippen molar-refractivity contribution >= 4 is 11.6 Å². The highest BCUT2D eigenvalue weighted by Gasteiger charge is 2.14. The topological polar surface area (TPSA) is 85.4 Å². The first-order valence-electron chi connectivity index (χ1n) is 6.47. The second-order valence-electron chi connectivity index (χ2n) is 4.88. The zero-order valence-corrected chi connectivity index (χ0v) is 12.1. The highest BCUT2D eigenvalue weighted by Crippen LogP contribution is 2.19. The van der Waals surface area contributed by atoms with Gasteiger partial charge in [-0.25, -0.2) is 0 Å². The SMILES string of the molecule is Cc1cc(CNC(=O)c2ccc([N+](=O)[O-])c(C)c2)c(C)o1. The van der Waals surface area contributed by atoms with Gasteiger partial charge in [-0.3, -0.25) is 14.9 Å². The standard InChI is InChI=1S/C15H16N2O4/c1-9-6-12(4-5-14(9)17(19)20)15(18)16-8-13-7-10(2)21-11(13)3/h4-7H,8H2,1-3H3,(H,16,18). The zero-order chi connectivity index (χ0) is 15.6. The first-order valence-corrected chi connectivity index (χ1v) is 6.47. The lowest BCUT2D eigenvalue weighted by Crippen LogP contribution is -2.23. The number of nitro benzene ring substituents is 1.